The number of aryl methyl sites for hydroxylation is 1. The predicted molar refractivity (Wildman–Crippen MR) is 95.5 cm³/mol. The molecule has 1 unspecified atom stereocenters. The van der Waals surface area contributed by atoms with Crippen LogP contribution in [0.5, 0.6) is 0 Å². The van der Waals surface area contributed by atoms with Gasteiger partial charge in [-0.25, -0.2) is 0 Å². The molecule has 0 bridgehead atoms. The summed E-state index contributed by atoms with van der Waals surface area (Å²) in [6, 6.07) is 12.5. The summed E-state index contributed by atoms with van der Waals surface area (Å²) in [4.78, 5) is 0. The zero-order chi connectivity index (χ0) is 15.4. The first-order chi connectivity index (χ1) is 10.0. The molecule has 0 aliphatic heterocycles. The lowest BCUT2D eigenvalue weighted by Gasteiger charge is -2.20. The molecule has 0 fully saturated rings. The van der Waals surface area contributed by atoms with E-state index in [2.05, 4.69) is 53.3 Å². The van der Waals surface area contributed by atoms with E-state index in [9.17, 15) is 0 Å². The van der Waals surface area contributed by atoms with Crippen molar-refractivity contribution in [3.05, 3.63) is 67.6 Å². The van der Waals surface area contributed by atoms with Crippen LogP contribution in [0.1, 0.15) is 29.7 Å². The van der Waals surface area contributed by atoms with Crippen LogP contribution in [0.2, 0.25) is 10.0 Å². The molecule has 1 N–H and O–H groups in total. The molecule has 112 valence electrons. The highest BCUT2D eigenvalue weighted by molar-refractivity contribution is 9.10. The van der Waals surface area contributed by atoms with Crippen molar-refractivity contribution in [3.63, 3.8) is 0 Å². The average molecular weight is 387 g/mol. The quantitative estimate of drug-likeness (QED) is 0.668. The lowest BCUT2D eigenvalue weighted by molar-refractivity contribution is 0.549. The molecule has 0 radical (unpaired) electrons. The number of nitrogens with one attached hydrogen (secondary N) is 1. The first kappa shape index (κ1) is 16.8. The van der Waals surface area contributed by atoms with E-state index in [1.165, 1.54) is 11.1 Å². The third kappa shape index (κ3) is 4.23. The van der Waals surface area contributed by atoms with Crippen molar-refractivity contribution in [1.82, 2.24) is 5.32 Å². The maximum atomic E-state index is 6.31. The predicted octanol–water partition coefficient (Wildman–Crippen LogP) is 5.96. The molecule has 2 aromatic carbocycles. The zero-order valence-corrected chi connectivity index (χ0v) is 15.2. The Hall–Kier alpha value is -0.540. The maximum Gasteiger partial charge on any atom is 0.0624 e. The molecule has 0 saturated carbocycles. The smallest absolute Gasteiger partial charge is 0.0624 e. The molecular weight excluding hydrogens is 369 g/mol. The Morgan fingerprint density at radius 1 is 1.19 bits per heavy atom. The van der Waals surface area contributed by atoms with E-state index in [0.717, 1.165) is 23.0 Å². The largest absolute Gasteiger partial charge is 0.310 e. The summed E-state index contributed by atoms with van der Waals surface area (Å²) >= 11 is 16.0. The van der Waals surface area contributed by atoms with Crippen LogP contribution >= 0.6 is 39.1 Å². The van der Waals surface area contributed by atoms with E-state index < -0.39 is 0 Å². The van der Waals surface area contributed by atoms with E-state index in [1.54, 1.807) is 0 Å². The molecule has 2 aromatic rings. The second kappa shape index (κ2) is 7.64. The van der Waals surface area contributed by atoms with Crippen LogP contribution in [0.25, 0.3) is 0 Å². The third-order valence-corrected chi connectivity index (χ3v) is 5.24. The Morgan fingerprint density at radius 3 is 2.62 bits per heavy atom. The van der Waals surface area contributed by atoms with Crippen LogP contribution in [-0.4, -0.2) is 6.54 Å². The van der Waals surface area contributed by atoms with Gasteiger partial charge in [0.1, 0.15) is 0 Å². The Bertz CT molecular complexity index is 628. The number of likely N-dealkylation sites (N-methyl/N-ethyl adjacent to an activating group) is 1. The summed E-state index contributed by atoms with van der Waals surface area (Å²) < 4.78 is 1.13. The fourth-order valence-corrected chi connectivity index (χ4v) is 3.01. The highest BCUT2D eigenvalue weighted by Crippen LogP contribution is 2.30. The van der Waals surface area contributed by atoms with Gasteiger partial charge in [-0.3, -0.25) is 0 Å². The molecular formula is C17H18BrCl2N. The minimum absolute atomic E-state index is 0.220. The Labute approximate surface area is 144 Å². The van der Waals surface area contributed by atoms with Crippen LogP contribution in [0, 0.1) is 6.92 Å². The van der Waals surface area contributed by atoms with Crippen molar-refractivity contribution in [2.24, 2.45) is 0 Å². The minimum Gasteiger partial charge on any atom is -0.310 e. The van der Waals surface area contributed by atoms with Crippen LogP contribution in [0.3, 0.4) is 0 Å². The number of rotatable bonds is 5. The van der Waals surface area contributed by atoms with Gasteiger partial charge in [0.05, 0.1) is 10.0 Å². The second-order valence-corrected chi connectivity index (χ2v) is 6.68. The first-order valence-corrected chi connectivity index (χ1v) is 8.50. The Balaban J connectivity index is 2.30. The topological polar surface area (TPSA) is 12.0 Å². The molecule has 0 saturated heterocycles. The lowest BCUT2D eigenvalue weighted by Crippen LogP contribution is -2.23. The maximum absolute atomic E-state index is 6.31. The highest BCUT2D eigenvalue weighted by atomic mass is 79.9. The van der Waals surface area contributed by atoms with Crippen LogP contribution in [0.4, 0.5) is 0 Å². The Kier molecular flexibility index (Phi) is 6.12. The standard InChI is InChI=1S/C17H18BrCl2N/c1-3-21-16(12-7-8-14(18)11(2)9-12)10-13-5-4-6-15(19)17(13)20/h4-9,16,21H,3,10H2,1-2H3. The van der Waals surface area contributed by atoms with Crippen molar-refractivity contribution in [1.29, 1.82) is 0 Å². The molecule has 0 aromatic heterocycles. The molecule has 21 heavy (non-hydrogen) atoms. The van der Waals surface area contributed by atoms with Crippen molar-refractivity contribution < 1.29 is 0 Å². The summed E-state index contributed by atoms with van der Waals surface area (Å²) in [6.45, 7) is 5.11. The monoisotopic (exact) mass is 385 g/mol. The van der Waals surface area contributed by atoms with E-state index in [0.29, 0.717) is 10.0 Å². The third-order valence-electron chi connectivity index (χ3n) is 3.49. The van der Waals surface area contributed by atoms with E-state index >= 15 is 0 Å². The van der Waals surface area contributed by atoms with Gasteiger partial charge in [0.25, 0.3) is 0 Å². The number of hydrogen-bond donors (Lipinski definition) is 1. The number of halogens is 3. The minimum atomic E-state index is 0.220. The summed E-state index contributed by atoms with van der Waals surface area (Å²) in [5.74, 6) is 0. The fourth-order valence-electron chi connectivity index (χ4n) is 2.36. The molecule has 1 atom stereocenters. The summed E-state index contributed by atoms with van der Waals surface area (Å²) in [7, 11) is 0. The summed E-state index contributed by atoms with van der Waals surface area (Å²) in [5, 5.41) is 4.78. The van der Waals surface area contributed by atoms with E-state index in [4.69, 9.17) is 23.2 Å². The number of hydrogen-bond acceptors (Lipinski definition) is 1. The van der Waals surface area contributed by atoms with Crippen molar-refractivity contribution in [2.75, 3.05) is 6.54 Å². The molecule has 1 nitrogen and oxygen atoms in total. The van der Waals surface area contributed by atoms with Crippen LogP contribution in [-0.2, 0) is 6.42 Å². The fraction of sp³-hybridized carbons (Fsp3) is 0.294. The highest BCUT2D eigenvalue weighted by Gasteiger charge is 2.15. The molecule has 0 spiro atoms. The molecule has 0 heterocycles. The summed E-state index contributed by atoms with van der Waals surface area (Å²) in [5.41, 5.74) is 3.55. The van der Waals surface area contributed by atoms with Gasteiger partial charge in [0.15, 0.2) is 0 Å². The van der Waals surface area contributed by atoms with Crippen molar-refractivity contribution >= 4 is 39.1 Å². The average Bonchev–Trinajstić information content (AvgIpc) is 2.46. The first-order valence-electron chi connectivity index (χ1n) is 6.95. The molecule has 0 aliphatic carbocycles. The van der Waals surface area contributed by atoms with Gasteiger partial charge in [-0.1, -0.05) is 70.3 Å². The normalized spacial score (nSPS) is 12.4. The van der Waals surface area contributed by atoms with E-state index in [1.807, 2.05) is 18.2 Å². The van der Waals surface area contributed by atoms with Gasteiger partial charge >= 0.3 is 0 Å². The molecule has 0 amide bonds. The van der Waals surface area contributed by atoms with Crippen LogP contribution in [0.15, 0.2) is 40.9 Å². The molecule has 2 rings (SSSR count). The number of benzene rings is 2. The van der Waals surface area contributed by atoms with Gasteiger partial charge in [0, 0.05) is 10.5 Å². The van der Waals surface area contributed by atoms with Gasteiger partial charge in [0.2, 0.25) is 0 Å². The molecule has 4 heteroatoms. The van der Waals surface area contributed by atoms with Gasteiger partial charge < -0.3 is 5.32 Å². The van der Waals surface area contributed by atoms with Crippen molar-refractivity contribution in [2.45, 2.75) is 26.3 Å². The lowest BCUT2D eigenvalue weighted by atomic mass is 9.97. The summed E-state index contributed by atoms with van der Waals surface area (Å²) in [6.07, 6.45) is 0.814. The van der Waals surface area contributed by atoms with Crippen molar-refractivity contribution in [3.8, 4) is 0 Å². The zero-order valence-electron chi connectivity index (χ0n) is 12.1. The Morgan fingerprint density at radius 2 is 1.95 bits per heavy atom. The molecule has 0 aliphatic rings. The van der Waals surface area contributed by atoms with Gasteiger partial charge in [-0.15, -0.1) is 0 Å². The second-order valence-electron chi connectivity index (χ2n) is 5.04. The van der Waals surface area contributed by atoms with Gasteiger partial charge in [-0.2, -0.15) is 0 Å². The SMILES string of the molecule is CCNC(Cc1cccc(Cl)c1Cl)c1ccc(Br)c(C)c1. The van der Waals surface area contributed by atoms with Crippen LogP contribution < -0.4 is 5.32 Å². The van der Waals surface area contributed by atoms with E-state index in [-0.39, 0.29) is 6.04 Å². The van der Waals surface area contributed by atoms with Gasteiger partial charge in [-0.05, 0) is 48.7 Å².